The summed E-state index contributed by atoms with van der Waals surface area (Å²) in [6.45, 7) is 4.48. The number of phosphoric ester groups is 1. The lowest BCUT2D eigenvalue weighted by atomic mass is 10.0. The van der Waals surface area contributed by atoms with E-state index in [1.54, 1.807) is 0 Å². The van der Waals surface area contributed by atoms with Crippen molar-refractivity contribution < 1.29 is 52.2 Å². The third-order valence-electron chi connectivity index (χ3n) is 12.9. The highest BCUT2D eigenvalue weighted by Gasteiger charge is 2.28. The molecule has 0 bridgehead atoms. The predicted octanol–water partition coefficient (Wildman–Crippen LogP) is 17.9. The molecule has 0 amide bonds. The van der Waals surface area contributed by atoms with Gasteiger partial charge in [-0.25, -0.2) is 4.57 Å². The van der Waals surface area contributed by atoms with Gasteiger partial charge in [0.15, 0.2) is 6.10 Å². The SMILES string of the molecule is CC/C=C\C/C=C\C/C=C\CCCCCCCCCC(=O)OCC(COP(=O)(O)OCC(CO)OC(=O)CCCCCCC/C=C\C/C=C\CCC)OC(=O)CCCCCCCCCCCCCCCCCCC. The quantitative estimate of drug-likeness (QED) is 0.0197. The van der Waals surface area contributed by atoms with Crippen LogP contribution in [-0.2, 0) is 42.2 Å². The van der Waals surface area contributed by atoms with E-state index in [2.05, 4.69) is 81.5 Å². The summed E-state index contributed by atoms with van der Waals surface area (Å²) in [5.74, 6) is -1.48. The fraction of sp³-hybridized carbons (Fsp3) is 0.790. The lowest BCUT2D eigenvalue weighted by Crippen LogP contribution is -2.30. The Morgan fingerprint density at radius 3 is 1.14 bits per heavy atom. The van der Waals surface area contributed by atoms with E-state index in [4.69, 9.17) is 23.3 Å². The van der Waals surface area contributed by atoms with E-state index >= 15 is 0 Å². The van der Waals surface area contributed by atoms with E-state index in [0.29, 0.717) is 19.3 Å². The molecule has 0 spiro atoms. The Hall–Kier alpha value is -2.82. The summed E-state index contributed by atoms with van der Waals surface area (Å²) in [5.41, 5.74) is 0. The number of ether oxygens (including phenoxy) is 3. The molecule has 0 aliphatic heterocycles. The molecule has 0 saturated carbocycles. The second kappa shape index (κ2) is 56.4. The summed E-state index contributed by atoms with van der Waals surface area (Å²) in [7, 11) is -4.75. The summed E-state index contributed by atoms with van der Waals surface area (Å²) in [6.07, 6.45) is 61.7. The van der Waals surface area contributed by atoms with Gasteiger partial charge in [-0.05, 0) is 77.0 Å². The molecule has 3 unspecified atom stereocenters. The number of hydrogen-bond acceptors (Lipinski definition) is 10. The first kappa shape index (κ1) is 71.2. The molecule has 0 rings (SSSR count). The maximum Gasteiger partial charge on any atom is 0.472 e. The number of hydrogen-bond donors (Lipinski definition) is 2. The molecule has 74 heavy (non-hydrogen) atoms. The zero-order valence-corrected chi connectivity index (χ0v) is 48.5. The van der Waals surface area contributed by atoms with E-state index in [9.17, 15) is 28.9 Å². The molecule has 12 heteroatoms. The maximum atomic E-state index is 12.9. The monoisotopic (exact) mass is 1060 g/mol. The van der Waals surface area contributed by atoms with Crippen LogP contribution in [0.5, 0.6) is 0 Å². The Morgan fingerprint density at radius 1 is 0.392 bits per heavy atom. The van der Waals surface area contributed by atoms with Crippen molar-refractivity contribution >= 4 is 25.7 Å². The van der Waals surface area contributed by atoms with Crippen molar-refractivity contribution in [1.82, 2.24) is 0 Å². The smallest absolute Gasteiger partial charge is 0.462 e. The van der Waals surface area contributed by atoms with E-state index in [1.165, 1.54) is 103 Å². The molecule has 0 radical (unpaired) electrons. The lowest BCUT2D eigenvalue weighted by molar-refractivity contribution is -0.161. The third kappa shape index (κ3) is 54.0. The minimum absolute atomic E-state index is 0.161. The molecule has 0 aromatic heterocycles. The van der Waals surface area contributed by atoms with Gasteiger partial charge in [-0.15, -0.1) is 0 Å². The maximum absolute atomic E-state index is 12.9. The van der Waals surface area contributed by atoms with Gasteiger partial charge in [0, 0.05) is 19.3 Å². The first-order chi connectivity index (χ1) is 36.2. The topological polar surface area (TPSA) is 155 Å². The van der Waals surface area contributed by atoms with Crippen molar-refractivity contribution in [1.29, 1.82) is 0 Å². The van der Waals surface area contributed by atoms with Crippen LogP contribution < -0.4 is 0 Å². The van der Waals surface area contributed by atoms with Gasteiger partial charge in [-0.1, -0.05) is 242 Å². The Morgan fingerprint density at radius 2 is 0.730 bits per heavy atom. The minimum atomic E-state index is -4.75. The third-order valence-corrected chi connectivity index (χ3v) is 13.9. The minimum Gasteiger partial charge on any atom is -0.462 e. The first-order valence-electron chi connectivity index (χ1n) is 30.2. The molecule has 430 valence electrons. The molecular weight excluding hydrogens is 952 g/mol. The van der Waals surface area contributed by atoms with Crippen molar-refractivity contribution in [3.8, 4) is 0 Å². The average Bonchev–Trinajstić information content (AvgIpc) is 3.39. The van der Waals surface area contributed by atoms with Crippen LogP contribution in [0.1, 0.15) is 278 Å². The van der Waals surface area contributed by atoms with Gasteiger partial charge in [-0.2, -0.15) is 0 Å². The Kier molecular flexibility index (Phi) is 54.2. The van der Waals surface area contributed by atoms with Crippen molar-refractivity contribution in [2.24, 2.45) is 0 Å². The highest BCUT2D eigenvalue weighted by atomic mass is 31.2. The molecule has 0 aliphatic rings. The molecule has 0 fully saturated rings. The number of aliphatic hydroxyl groups excluding tert-OH is 1. The van der Waals surface area contributed by atoms with E-state index < -0.39 is 57.8 Å². The zero-order valence-electron chi connectivity index (χ0n) is 47.6. The number of carbonyl (C=O) groups is 3. The van der Waals surface area contributed by atoms with E-state index in [0.717, 1.165) is 116 Å². The molecule has 2 N–H and O–H groups in total. The molecule has 0 heterocycles. The summed E-state index contributed by atoms with van der Waals surface area (Å²) >= 11 is 0. The zero-order chi connectivity index (χ0) is 54.1. The molecule has 3 atom stereocenters. The standard InChI is InChI=1S/C62H111O11P/c1-4-7-10-13-16-19-22-25-27-29-31-34-36-39-42-45-48-51-60(64)69-55-59(73-62(66)53-50-47-44-41-38-35-32-30-28-26-23-20-17-14-11-8-5-2)57-71-74(67,68)70-56-58(54-63)72-61(65)52-49-46-43-40-37-33-24-21-18-15-12-9-6-3/h7,10,12,15-16,19,21,24-25,27,58-59,63H,4-6,8-9,11,13-14,17-18,20,22-23,26,28-57H2,1-3H3,(H,67,68)/b10-7-,15-12-,19-16-,24-21-,27-25-. The second-order valence-corrected chi connectivity index (χ2v) is 21.6. The highest BCUT2D eigenvalue weighted by molar-refractivity contribution is 7.47. The van der Waals surface area contributed by atoms with Crippen LogP contribution in [-0.4, -0.2) is 66.5 Å². The summed E-state index contributed by atoms with van der Waals surface area (Å²) in [5, 5.41) is 9.81. The van der Waals surface area contributed by atoms with Crippen LogP contribution in [0.4, 0.5) is 0 Å². The number of aliphatic hydroxyl groups is 1. The molecule has 0 aromatic rings. The number of rotatable bonds is 56. The van der Waals surface area contributed by atoms with Gasteiger partial charge in [-0.3, -0.25) is 23.4 Å². The molecule has 11 nitrogen and oxygen atoms in total. The Labute approximate surface area is 453 Å². The molecule has 0 aromatic carbocycles. The van der Waals surface area contributed by atoms with Crippen LogP contribution in [0.15, 0.2) is 60.8 Å². The molecule has 0 aliphatic carbocycles. The van der Waals surface area contributed by atoms with Gasteiger partial charge in [0.25, 0.3) is 0 Å². The Bertz CT molecular complexity index is 1470. The van der Waals surface area contributed by atoms with E-state index in [1.807, 2.05) is 0 Å². The van der Waals surface area contributed by atoms with Crippen molar-refractivity contribution in [2.75, 3.05) is 26.4 Å². The second-order valence-electron chi connectivity index (χ2n) is 20.1. The predicted molar refractivity (Wildman–Crippen MR) is 307 cm³/mol. The number of esters is 3. The number of unbranched alkanes of at least 4 members (excludes halogenated alkanes) is 29. The number of carbonyl (C=O) groups excluding carboxylic acids is 3. The first-order valence-corrected chi connectivity index (χ1v) is 31.7. The van der Waals surface area contributed by atoms with Gasteiger partial charge < -0.3 is 24.2 Å². The fourth-order valence-electron chi connectivity index (χ4n) is 8.35. The van der Waals surface area contributed by atoms with Gasteiger partial charge >= 0.3 is 25.7 Å². The summed E-state index contributed by atoms with van der Waals surface area (Å²) < 4.78 is 39.6. The van der Waals surface area contributed by atoms with Crippen molar-refractivity contribution in [3.05, 3.63) is 60.8 Å². The van der Waals surface area contributed by atoms with Gasteiger partial charge in [0.2, 0.25) is 0 Å². The van der Waals surface area contributed by atoms with Crippen LogP contribution in [0, 0.1) is 0 Å². The summed E-state index contributed by atoms with van der Waals surface area (Å²) in [6, 6.07) is 0. The van der Waals surface area contributed by atoms with Crippen LogP contribution in [0.3, 0.4) is 0 Å². The van der Waals surface area contributed by atoms with Crippen LogP contribution in [0.25, 0.3) is 0 Å². The van der Waals surface area contributed by atoms with Crippen molar-refractivity contribution in [3.63, 3.8) is 0 Å². The lowest BCUT2D eigenvalue weighted by Gasteiger charge is -2.21. The summed E-state index contributed by atoms with van der Waals surface area (Å²) in [4.78, 5) is 48.6. The number of phosphoric acid groups is 1. The molecular formula is C62H111O11P. The van der Waals surface area contributed by atoms with Crippen LogP contribution >= 0.6 is 7.82 Å². The van der Waals surface area contributed by atoms with Gasteiger partial charge in [0.1, 0.15) is 12.7 Å². The number of allylic oxidation sites excluding steroid dienone is 10. The van der Waals surface area contributed by atoms with Crippen LogP contribution in [0.2, 0.25) is 0 Å². The Balaban J connectivity index is 4.72. The average molecular weight is 1060 g/mol. The van der Waals surface area contributed by atoms with Gasteiger partial charge in [0.05, 0.1) is 19.8 Å². The molecule has 0 saturated heterocycles. The largest absolute Gasteiger partial charge is 0.472 e. The fourth-order valence-corrected chi connectivity index (χ4v) is 9.14. The normalized spacial score (nSPS) is 13.7. The van der Waals surface area contributed by atoms with Crippen molar-refractivity contribution in [2.45, 2.75) is 290 Å². The van der Waals surface area contributed by atoms with E-state index in [-0.39, 0.29) is 25.9 Å². The highest BCUT2D eigenvalue weighted by Crippen LogP contribution is 2.43.